The molecule has 120 valence electrons. The molecule has 1 aliphatic heterocycles. The van der Waals surface area contributed by atoms with Gasteiger partial charge in [0.05, 0.1) is 17.9 Å². The molecule has 2 rings (SSSR count). The van der Waals surface area contributed by atoms with E-state index in [4.69, 9.17) is 4.74 Å². The maximum absolute atomic E-state index is 12.3. The largest absolute Gasteiger partial charge is 0.481 e. The zero-order chi connectivity index (χ0) is 15.6. The lowest BCUT2D eigenvalue weighted by Gasteiger charge is -2.27. The first-order chi connectivity index (χ1) is 9.87. The van der Waals surface area contributed by atoms with Crippen molar-refractivity contribution in [3.63, 3.8) is 0 Å². The first kappa shape index (κ1) is 16.2. The molecule has 0 radical (unpaired) electrons. The summed E-state index contributed by atoms with van der Waals surface area (Å²) in [4.78, 5) is 23.6. The number of carbonyl (C=O) groups is 2. The van der Waals surface area contributed by atoms with Crippen LogP contribution in [0.15, 0.2) is 0 Å². The summed E-state index contributed by atoms with van der Waals surface area (Å²) in [7, 11) is 0. The number of hydrogen-bond acceptors (Lipinski definition) is 4. The lowest BCUT2D eigenvalue weighted by molar-refractivity contribution is -0.146. The van der Waals surface area contributed by atoms with E-state index in [1.54, 1.807) is 6.92 Å². The van der Waals surface area contributed by atoms with Crippen molar-refractivity contribution in [3.8, 4) is 0 Å². The molecule has 0 spiro atoms. The fourth-order valence-electron chi connectivity index (χ4n) is 3.41. The molecule has 1 saturated heterocycles. The van der Waals surface area contributed by atoms with Gasteiger partial charge in [-0.2, -0.15) is 0 Å². The molecule has 5 unspecified atom stereocenters. The van der Waals surface area contributed by atoms with E-state index in [0.29, 0.717) is 31.8 Å². The highest BCUT2D eigenvalue weighted by Gasteiger charge is 2.44. The summed E-state index contributed by atoms with van der Waals surface area (Å²) in [6.45, 7) is 4.39. The average Bonchev–Trinajstić information content (AvgIpc) is 3.01. The Labute approximate surface area is 124 Å². The molecule has 6 nitrogen and oxygen atoms in total. The maximum atomic E-state index is 12.3. The van der Waals surface area contributed by atoms with E-state index >= 15 is 0 Å². The second-order valence-corrected chi connectivity index (χ2v) is 6.38. The number of ether oxygens (including phenoxy) is 1. The van der Waals surface area contributed by atoms with Gasteiger partial charge in [0.2, 0.25) is 5.91 Å². The van der Waals surface area contributed by atoms with E-state index in [1.807, 2.05) is 6.92 Å². The second-order valence-electron chi connectivity index (χ2n) is 6.38. The molecule has 3 N–H and O–H groups in total. The number of carboxylic acid groups (broad SMARTS) is 1. The molecule has 21 heavy (non-hydrogen) atoms. The Hall–Kier alpha value is -1.14. The van der Waals surface area contributed by atoms with Gasteiger partial charge in [-0.1, -0.05) is 13.3 Å². The quantitative estimate of drug-likeness (QED) is 0.697. The van der Waals surface area contributed by atoms with Gasteiger partial charge in [-0.25, -0.2) is 0 Å². The number of hydrogen-bond donors (Lipinski definition) is 3. The van der Waals surface area contributed by atoms with Crippen molar-refractivity contribution in [1.82, 2.24) is 5.32 Å². The van der Waals surface area contributed by atoms with Crippen molar-refractivity contribution < 1.29 is 24.5 Å². The van der Waals surface area contributed by atoms with E-state index in [1.165, 1.54) is 0 Å². The van der Waals surface area contributed by atoms with Gasteiger partial charge < -0.3 is 20.3 Å². The van der Waals surface area contributed by atoms with E-state index in [0.717, 1.165) is 6.42 Å². The average molecular weight is 299 g/mol. The topological polar surface area (TPSA) is 95.9 Å². The Morgan fingerprint density at radius 3 is 2.52 bits per heavy atom. The molecule has 2 aliphatic rings. The van der Waals surface area contributed by atoms with Crippen LogP contribution in [-0.4, -0.2) is 46.9 Å². The van der Waals surface area contributed by atoms with Crippen molar-refractivity contribution in [2.45, 2.75) is 51.2 Å². The molecule has 0 aromatic carbocycles. The predicted molar refractivity (Wildman–Crippen MR) is 75.6 cm³/mol. The van der Waals surface area contributed by atoms with Crippen LogP contribution in [0.1, 0.15) is 39.5 Å². The summed E-state index contributed by atoms with van der Waals surface area (Å²) in [6, 6.07) is 0. The highest BCUT2D eigenvalue weighted by molar-refractivity contribution is 5.85. The summed E-state index contributed by atoms with van der Waals surface area (Å²) in [5, 5.41) is 22.4. The van der Waals surface area contributed by atoms with Crippen LogP contribution in [0, 0.1) is 17.8 Å². The van der Waals surface area contributed by atoms with Crippen molar-refractivity contribution >= 4 is 11.9 Å². The fourth-order valence-corrected chi connectivity index (χ4v) is 3.41. The smallest absolute Gasteiger partial charge is 0.307 e. The number of amides is 1. The summed E-state index contributed by atoms with van der Waals surface area (Å²) >= 11 is 0. The van der Waals surface area contributed by atoms with Crippen LogP contribution >= 0.6 is 0 Å². The number of aliphatic carboxylic acids is 1. The van der Waals surface area contributed by atoms with Gasteiger partial charge >= 0.3 is 5.97 Å². The van der Waals surface area contributed by atoms with Crippen molar-refractivity contribution in [2.24, 2.45) is 17.8 Å². The summed E-state index contributed by atoms with van der Waals surface area (Å²) in [5.41, 5.74) is -1.04. The monoisotopic (exact) mass is 299 g/mol. The van der Waals surface area contributed by atoms with Gasteiger partial charge in [-0.05, 0) is 25.7 Å². The van der Waals surface area contributed by atoms with Crippen LogP contribution < -0.4 is 5.32 Å². The minimum absolute atomic E-state index is 0.118. The zero-order valence-corrected chi connectivity index (χ0v) is 12.7. The van der Waals surface area contributed by atoms with Crippen LogP contribution in [0.25, 0.3) is 0 Å². The van der Waals surface area contributed by atoms with Crippen molar-refractivity contribution in [3.05, 3.63) is 0 Å². The first-order valence-corrected chi connectivity index (χ1v) is 7.72. The zero-order valence-electron chi connectivity index (χ0n) is 12.7. The van der Waals surface area contributed by atoms with Crippen LogP contribution in [0.4, 0.5) is 0 Å². The first-order valence-electron chi connectivity index (χ1n) is 7.72. The minimum Gasteiger partial charge on any atom is -0.481 e. The molecule has 1 saturated carbocycles. The summed E-state index contributed by atoms with van der Waals surface area (Å²) in [5.74, 6) is -1.97. The lowest BCUT2D eigenvalue weighted by atomic mass is 9.93. The molecule has 1 aliphatic carbocycles. The molecule has 1 heterocycles. The minimum atomic E-state index is -1.04. The molecule has 0 bridgehead atoms. The van der Waals surface area contributed by atoms with E-state index in [2.05, 4.69) is 5.32 Å². The van der Waals surface area contributed by atoms with Crippen LogP contribution in [0.3, 0.4) is 0 Å². The van der Waals surface area contributed by atoms with Gasteiger partial charge in [0.25, 0.3) is 0 Å². The molecular formula is C15H25NO5. The van der Waals surface area contributed by atoms with Crippen LogP contribution in [0.2, 0.25) is 0 Å². The van der Waals surface area contributed by atoms with E-state index in [9.17, 15) is 19.8 Å². The highest BCUT2D eigenvalue weighted by Crippen LogP contribution is 2.38. The summed E-state index contributed by atoms with van der Waals surface area (Å²) < 4.78 is 5.32. The Bertz CT molecular complexity index is 413. The lowest BCUT2D eigenvalue weighted by Crippen LogP contribution is -2.49. The van der Waals surface area contributed by atoms with Crippen LogP contribution in [0.5, 0.6) is 0 Å². The Balaban J connectivity index is 1.94. The molecule has 5 atom stereocenters. The normalized spacial score (nSPS) is 39.4. The third-order valence-electron chi connectivity index (χ3n) is 5.12. The number of aliphatic hydroxyl groups is 1. The van der Waals surface area contributed by atoms with Gasteiger partial charge in [-0.15, -0.1) is 0 Å². The third-order valence-corrected chi connectivity index (χ3v) is 5.12. The van der Waals surface area contributed by atoms with E-state index in [-0.39, 0.29) is 18.6 Å². The SMILES string of the molecule is CCC1CC(C(=O)O)C(C(=O)NCC2(O)CCOC2C)C1. The Morgan fingerprint density at radius 2 is 2.00 bits per heavy atom. The third kappa shape index (κ3) is 3.37. The number of nitrogens with one attached hydrogen (secondary N) is 1. The predicted octanol–water partition coefficient (Wildman–Crippen LogP) is 0.779. The van der Waals surface area contributed by atoms with Gasteiger partial charge in [-0.3, -0.25) is 9.59 Å². The van der Waals surface area contributed by atoms with Gasteiger partial charge in [0.15, 0.2) is 0 Å². The Morgan fingerprint density at radius 1 is 1.33 bits per heavy atom. The second kappa shape index (κ2) is 6.32. The molecule has 0 aromatic heterocycles. The molecule has 0 aromatic rings. The van der Waals surface area contributed by atoms with Crippen molar-refractivity contribution in [1.29, 1.82) is 0 Å². The molecule has 2 fully saturated rings. The van der Waals surface area contributed by atoms with Gasteiger partial charge in [0.1, 0.15) is 5.60 Å². The number of rotatable bonds is 5. The molecule has 6 heteroatoms. The number of carbonyl (C=O) groups excluding carboxylic acids is 1. The maximum Gasteiger partial charge on any atom is 0.307 e. The Kier molecular flexibility index (Phi) is 4.88. The highest BCUT2D eigenvalue weighted by atomic mass is 16.5. The fraction of sp³-hybridized carbons (Fsp3) is 0.867. The van der Waals surface area contributed by atoms with Crippen molar-refractivity contribution in [2.75, 3.05) is 13.2 Å². The van der Waals surface area contributed by atoms with Gasteiger partial charge in [0, 0.05) is 19.6 Å². The van der Waals surface area contributed by atoms with E-state index < -0.39 is 23.4 Å². The summed E-state index contributed by atoms with van der Waals surface area (Å²) in [6.07, 6.45) is 2.24. The molecule has 1 amide bonds. The molecular weight excluding hydrogens is 274 g/mol. The standard InChI is InChI=1S/C15H25NO5/c1-3-10-6-11(12(7-10)14(18)19)13(17)16-8-15(20)4-5-21-9(15)2/h9-12,20H,3-8H2,1-2H3,(H,16,17)(H,18,19). The number of carboxylic acids is 1. The van der Waals surface area contributed by atoms with Crippen LogP contribution in [-0.2, 0) is 14.3 Å².